The fourth-order valence-corrected chi connectivity index (χ4v) is 11.6. The van der Waals surface area contributed by atoms with E-state index in [1.165, 1.54) is 180 Å². The minimum absolute atomic E-state index is 0.116. The standard InChI is InChI=1S/C82H143NO10/c1-4-7-10-13-16-19-22-24-26-28-30-32-34-36-38-40-42-44-46-48-50-52-55-58-61-64-67-70-77(87)93-80-79(89)78(88)76(71-84)92-82(80)91-72-73(74(85)68-65-62-59-56-53-21-18-15-12-9-6-3)83-81(90)75(86)69-66-63-60-57-54-51-49-47-45-43-41-39-37-35-33-31-29-27-25-23-20-17-14-11-8-5-2/h7,10,16-17,19-20,24-27,30-33,36,38,65,68,73-76,78-80,82,84-86,88-89H,4-6,8-9,11-15,18,21-23,28-29,34-35,37,39-64,66-67,69-72H2,1-3H3,(H,83,90)/b10-7-,19-16-,20-17-,26-24-,27-25-,32-30-,33-31-,38-36-,68-65+. The molecule has 1 aliphatic heterocycles. The summed E-state index contributed by atoms with van der Waals surface area (Å²) >= 11 is 0. The van der Waals surface area contributed by atoms with Gasteiger partial charge in [-0.2, -0.15) is 0 Å². The lowest BCUT2D eigenvalue weighted by atomic mass is 9.99. The highest BCUT2D eigenvalue weighted by molar-refractivity contribution is 5.80. The second-order valence-corrected chi connectivity index (χ2v) is 26.4. The van der Waals surface area contributed by atoms with Crippen LogP contribution in [0.1, 0.15) is 335 Å². The highest BCUT2D eigenvalue weighted by Crippen LogP contribution is 2.26. The first-order chi connectivity index (χ1) is 45.7. The van der Waals surface area contributed by atoms with E-state index in [4.69, 9.17) is 14.2 Å². The molecule has 0 radical (unpaired) electrons. The van der Waals surface area contributed by atoms with Gasteiger partial charge in [-0.25, -0.2) is 0 Å². The van der Waals surface area contributed by atoms with Crippen molar-refractivity contribution in [2.45, 2.75) is 384 Å². The van der Waals surface area contributed by atoms with Crippen LogP contribution in [0.15, 0.2) is 109 Å². The number of carbonyl (C=O) groups is 2. The molecular weight excluding hydrogens is 1160 g/mol. The van der Waals surface area contributed by atoms with Crippen LogP contribution in [0.5, 0.6) is 0 Å². The molecular formula is C82H143NO10. The number of amides is 1. The third kappa shape index (κ3) is 55.1. The van der Waals surface area contributed by atoms with Crippen molar-refractivity contribution in [3.8, 4) is 0 Å². The summed E-state index contributed by atoms with van der Waals surface area (Å²) in [5, 5.41) is 57.4. The second kappa shape index (κ2) is 68.3. The Kier molecular flexibility index (Phi) is 64.1. The van der Waals surface area contributed by atoms with Gasteiger partial charge in [0, 0.05) is 6.42 Å². The molecule has 0 spiro atoms. The number of unbranched alkanes of at least 4 members (excludes halogenated alkanes) is 36. The van der Waals surface area contributed by atoms with E-state index in [-0.39, 0.29) is 19.4 Å². The predicted octanol–water partition coefficient (Wildman–Crippen LogP) is 20.7. The molecule has 8 atom stereocenters. The molecule has 1 saturated heterocycles. The Bertz CT molecular complexity index is 1940. The zero-order valence-corrected chi connectivity index (χ0v) is 59.9. The molecule has 0 aromatic heterocycles. The van der Waals surface area contributed by atoms with Crippen LogP contribution < -0.4 is 5.32 Å². The summed E-state index contributed by atoms with van der Waals surface area (Å²) in [4.78, 5) is 26.7. The fraction of sp³-hybridized carbons (Fsp3) is 0.756. The number of hydrogen-bond acceptors (Lipinski definition) is 10. The summed E-state index contributed by atoms with van der Waals surface area (Å²) < 4.78 is 17.7. The summed E-state index contributed by atoms with van der Waals surface area (Å²) in [6, 6.07) is -1.03. The van der Waals surface area contributed by atoms with Crippen molar-refractivity contribution < 1.29 is 49.3 Å². The van der Waals surface area contributed by atoms with Crippen molar-refractivity contribution in [3.63, 3.8) is 0 Å². The Balaban J connectivity index is 2.49. The first-order valence-electron chi connectivity index (χ1n) is 38.7. The molecule has 0 saturated carbocycles. The van der Waals surface area contributed by atoms with E-state index in [1.807, 2.05) is 6.08 Å². The number of aliphatic hydroxyl groups excluding tert-OH is 5. The van der Waals surface area contributed by atoms with Gasteiger partial charge in [0.25, 0.3) is 0 Å². The minimum atomic E-state index is -1.62. The van der Waals surface area contributed by atoms with Crippen LogP contribution in [0, 0.1) is 0 Å². The topological polar surface area (TPSA) is 175 Å². The Morgan fingerprint density at radius 2 is 0.774 bits per heavy atom. The molecule has 536 valence electrons. The minimum Gasteiger partial charge on any atom is -0.454 e. The Morgan fingerprint density at radius 1 is 0.430 bits per heavy atom. The number of allylic oxidation sites excluding steroid dienone is 17. The van der Waals surface area contributed by atoms with Gasteiger partial charge in [0.15, 0.2) is 12.4 Å². The van der Waals surface area contributed by atoms with Gasteiger partial charge in [-0.1, -0.05) is 329 Å². The molecule has 0 aliphatic carbocycles. The van der Waals surface area contributed by atoms with E-state index in [2.05, 4.69) is 123 Å². The molecule has 0 bridgehead atoms. The summed E-state index contributed by atoms with van der Waals surface area (Å²) in [5.41, 5.74) is 0. The van der Waals surface area contributed by atoms with Gasteiger partial charge in [-0.3, -0.25) is 9.59 Å². The number of hydrogen-bond donors (Lipinski definition) is 6. The summed E-state index contributed by atoms with van der Waals surface area (Å²) in [6.45, 7) is 5.68. The Hall–Kier alpha value is -3.68. The first kappa shape index (κ1) is 87.3. The van der Waals surface area contributed by atoms with Gasteiger partial charge in [0.05, 0.1) is 25.4 Å². The maximum Gasteiger partial charge on any atom is 0.306 e. The Labute approximate surface area is 570 Å². The van der Waals surface area contributed by atoms with Crippen molar-refractivity contribution in [3.05, 3.63) is 109 Å². The lowest BCUT2D eigenvalue weighted by molar-refractivity contribution is -0.305. The molecule has 1 amide bonds. The van der Waals surface area contributed by atoms with E-state index >= 15 is 0 Å². The summed E-state index contributed by atoms with van der Waals surface area (Å²) in [7, 11) is 0. The molecule has 0 aromatic carbocycles. The quantitative estimate of drug-likeness (QED) is 0.0195. The molecule has 11 nitrogen and oxygen atoms in total. The summed E-state index contributed by atoms with van der Waals surface area (Å²) in [5.74, 6) is -1.19. The Morgan fingerprint density at radius 3 is 1.18 bits per heavy atom. The number of carbonyl (C=O) groups excluding carboxylic acids is 2. The van der Waals surface area contributed by atoms with Crippen LogP contribution in [-0.4, -0.2) is 99.6 Å². The van der Waals surface area contributed by atoms with Gasteiger partial charge in [0.2, 0.25) is 5.91 Å². The normalized spacial score (nSPS) is 18.5. The van der Waals surface area contributed by atoms with E-state index in [0.29, 0.717) is 12.8 Å². The molecule has 11 heteroatoms. The number of rotatable bonds is 66. The third-order valence-electron chi connectivity index (χ3n) is 17.7. The number of ether oxygens (including phenoxy) is 3. The molecule has 8 unspecified atom stereocenters. The molecule has 1 rings (SSSR count). The van der Waals surface area contributed by atoms with Crippen LogP contribution in [0.25, 0.3) is 0 Å². The van der Waals surface area contributed by atoms with Crippen LogP contribution in [0.2, 0.25) is 0 Å². The highest BCUT2D eigenvalue weighted by Gasteiger charge is 2.47. The maximum atomic E-state index is 13.5. The van der Waals surface area contributed by atoms with E-state index in [1.54, 1.807) is 6.08 Å². The molecule has 1 fully saturated rings. The number of aliphatic hydroxyl groups is 5. The monoisotopic (exact) mass is 1300 g/mol. The van der Waals surface area contributed by atoms with Crippen molar-refractivity contribution in [1.82, 2.24) is 5.32 Å². The van der Waals surface area contributed by atoms with Crippen LogP contribution in [-0.2, 0) is 23.8 Å². The van der Waals surface area contributed by atoms with Crippen molar-refractivity contribution in [2.24, 2.45) is 0 Å². The van der Waals surface area contributed by atoms with Crippen LogP contribution >= 0.6 is 0 Å². The average molecular weight is 1300 g/mol. The van der Waals surface area contributed by atoms with E-state index in [9.17, 15) is 35.1 Å². The van der Waals surface area contributed by atoms with Crippen molar-refractivity contribution >= 4 is 11.9 Å². The largest absolute Gasteiger partial charge is 0.454 e. The first-order valence-corrected chi connectivity index (χ1v) is 38.7. The summed E-state index contributed by atoms with van der Waals surface area (Å²) in [6.07, 6.45) is 84.2. The second-order valence-electron chi connectivity index (χ2n) is 26.4. The zero-order chi connectivity index (χ0) is 67.4. The van der Waals surface area contributed by atoms with Crippen LogP contribution in [0.3, 0.4) is 0 Å². The molecule has 1 aliphatic rings. The van der Waals surface area contributed by atoms with Gasteiger partial charge in [-0.15, -0.1) is 0 Å². The van der Waals surface area contributed by atoms with Crippen molar-refractivity contribution in [1.29, 1.82) is 0 Å². The van der Waals surface area contributed by atoms with Gasteiger partial charge >= 0.3 is 5.97 Å². The SMILES string of the molecule is CC/C=C\C/C=C\C/C=C\C/C=C\C/C=C\CCCCCCCCCCCCCC(=O)OC1C(OCC(NC(=O)C(O)CCCCCCCCCCCCCCC/C=C\C/C=C\C/C=C\CCCCC)C(O)/C=C/CCCCCCCCCCC)OC(CO)C(O)C1O. The average Bonchev–Trinajstić information content (AvgIpc) is 0.842. The highest BCUT2D eigenvalue weighted by atomic mass is 16.7. The predicted molar refractivity (Wildman–Crippen MR) is 393 cm³/mol. The lowest BCUT2D eigenvalue weighted by Gasteiger charge is -2.41. The van der Waals surface area contributed by atoms with Crippen LogP contribution in [0.4, 0.5) is 0 Å². The number of nitrogens with one attached hydrogen (secondary N) is 1. The fourth-order valence-electron chi connectivity index (χ4n) is 11.6. The van der Waals surface area contributed by atoms with Gasteiger partial charge in [-0.05, 0) is 109 Å². The van der Waals surface area contributed by atoms with Crippen molar-refractivity contribution in [2.75, 3.05) is 13.2 Å². The third-order valence-corrected chi connectivity index (χ3v) is 17.7. The maximum absolute atomic E-state index is 13.5. The molecule has 0 aromatic rings. The zero-order valence-electron chi connectivity index (χ0n) is 59.9. The van der Waals surface area contributed by atoms with E-state index < -0.39 is 67.4 Å². The molecule has 1 heterocycles. The molecule has 93 heavy (non-hydrogen) atoms. The number of esters is 1. The van der Waals surface area contributed by atoms with E-state index in [0.717, 1.165) is 109 Å². The van der Waals surface area contributed by atoms with Gasteiger partial charge in [0.1, 0.15) is 24.4 Å². The van der Waals surface area contributed by atoms with Gasteiger partial charge < -0.3 is 45.1 Å². The lowest BCUT2D eigenvalue weighted by Crippen LogP contribution is -2.61. The smallest absolute Gasteiger partial charge is 0.306 e. The molecule has 6 N–H and O–H groups in total.